The van der Waals surface area contributed by atoms with Gasteiger partial charge in [-0.15, -0.1) is 0 Å². The van der Waals surface area contributed by atoms with E-state index in [1.54, 1.807) is 6.07 Å². The second kappa shape index (κ2) is 5.91. The average molecular weight is 333 g/mol. The van der Waals surface area contributed by atoms with E-state index in [9.17, 15) is 8.78 Å². The van der Waals surface area contributed by atoms with Crippen LogP contribution in [0.3, 0.4) is 0 Å². The molecule has 0 aliphatic heterocycles. The zero-order valence-electron chi connectivity index (χ0n) is 9.88. The number of benzene rings is 2. The summed E-state index contributed by atoms with van der Waals surface area (Å²) in [6.45, 7) is 0. The maximum absolute atomic E-state index is 13.9. The highest BCUT2D eigenvalue weighted by Crippen LogP contribution is 2.31. The molecule has 2 nitrogen and oxygen atoms in total. The smallest absolute Gasteiger partial charge is 0.150 e. The number of anilines is 2. The van der Waals surface area contributed by atoms with Gasteiger partial charge in [-0.3, -0.25) is 0 Å². The predicted molar refractivity (Wildman–Crippen MR) is 82.0 cm³/mol. The van der Waals surface area contributed by atoms with E-state index in [1.165, 1.54) is 12.1 Å². The summed E-state index contributed by atoms with van der Waals surface area (Å²) in [5.41, 5.74) is 5.39. The summed E-state index contributed by atoms with van der Waals surface area (Å²) in [4.78, 5) is -0.0878. The Morgan fingerprint density at radius 2 is 1.70 bits per heavy atom. The molecular weight excluding hydrogens is 325 g/mol. The van der Waals surface area contributed by atoms with E-state index < -0.39 is 11.6 Å². The van der Waals surface area contributed by atoms with Crippen molar-refractivity contribution in [3.05, 3.63) is 57.6 Å². The van der Waals surface area contributed by atoms with E-state index in [4.69, 9.17) is 28.9 Å². The Kier molecular flexibility index (Phi) is 4.42. The highest BCUT2D eigenvalue weighted by atomic mass is 35.5. The van der Waals surface area contributed by atoms with Gasteiger partial charge in [-0.1, -0.05) is 35.4 Å². The monoisotopic (exact) mass is 332 g/mol. The SMILES string of the molecule is NC(=S)c1cc(F)c(Nc2cc(Cl)ccc2Cl)c(F)c1. The Bertz CT molecular complexity index is 669. The van der Waals surface area contributed by atoms with Gasteiger partial charge in [0, 0.05) is 10.6 Å². The van der Waals surface area contributed by atoms with Crippen LogP contribution >= 0.6 is 35.4 Å². The Morgan fingerprint density at radius 3 is 2.25 bits per heavy atom. The van der Waals surface area contributed by atoms with Crippen molar-refractivity contribution in [2.75, 3.05) is 5.32 Å². The minimum Gasteiger partial charge on any atom is -0.389 e. The van der Waals surface area contributed by atoms with E-state index in [1.807, 2.05) is 0 Å². The first-order valence-corrected chi connectivity index (χ1v) is 6.56. The summed E-state index contributed by atoms with van der Waals surface area (Å²) >= 11 is 16.4. The minimum absolute atomic E-state index is 0.0878. The van der Waals surface area contributed by atoms with E-state index in [0.29, 0.717) is 10.7 Å². The first-order chi connectivity index (χ1) is 9.38. The van der Waals surface area contributed by atoms with Crippen LogP contribution in [0, 0.1) is 11.6 Å². The van der Waals surface area contributed by atoms with E-state index in [0.717, 1.165) is 12.1 Å². The zero-order chi connectivity index (χ0) is 14.9. The summed E-state index contributed by atoms with van der Waals surface area (Å²) < 4.78 is 27.8. The van der Waals surface area contributed by atoms with Crippen LogP contribution in [0.1, 0.15) is 5.56 Å². The maximum atomic E-state index is 13.9. The van der Waals surface area contributed by atoms with Crippen molar-refractivity contribution in [2.24, 2.45) is 5.73 Å². The lowest BCUT2D eigenvalue weighted by Crippen LogP contribution is -2.11. The lowest BCUT2D eigenvalue weighted by atomic mass is 10.1. The van der Waals surface area contributed by atoms with Gasteiger partial charge in [-0.25, -0.2) is 8.78 Å². The fourth-order valence-corrected chi connectivity index (χ4v) is 2.02. The lowest BCUT2D eigenvalue weighted by molar-refractivity contribution is 0.590. The molecule has 3 N–H and O–H groups in total. The van der Waals surface area contributed by atoms with Crippen molar-refractivity contribution < 1.29 is 8.78 Å². The van der Waals surface area contributed by atoms with Crippen LogP contribution in [0.2, 0.25) is 10.0 Å². The van der Waals surface area contributed by atoms with Crippen LogP contribution < -0.4 is 11.1 Å². The molecule has 0 saturated carbocycles. The Morgan fingerprint density at radius 1 is 1.10 bits per heavy atom. The lowest BCUT2D eigenvalue weighted by Gasteiger charge is -2.12. The molecule has 0 fully saturated rings. The van der Waals surface area contributed by atoms with Gasteiger partial charge in [0.25, 0.3) is 0 Å². The third kappa shape index (κ3) is 3.17. The van der Waals surface area contributed by atoms with Crippen molar-refractivity contribution in [1.82, 2.24) is 0 Å². The molecule has 0 spiro atoms. The van der Waals surface area contributed by atoms with Gasteiger partial charge < -0.3 is 11.1 Å². The normalized spacial score (nSPS) is 10.4. The minimum atomic E-state index is -0.830. The number of rotatable bonds is 3. The van der Waals surface area contributed by atoms with Gasteiger partial charge in [0.05, 0.1) is 10.7 Å². The highest BCUT2D eigenvalue weighted by Gasteiger charge is 2.14. The molecule has 0 radical (unpaired) electrons. The summed E-state index contributed by atoms with van der Waals surface area (Å²) in [5.74, 6) is -1.66. The number of hydrogen-bond acceptors (Lipinski definition) is 2. The summed E-state index contributed by atoms with van der Waals surface area (Å²) in [7, 11) is 0. The van der Waals surface area contributed by atoms with Crippen LogP contribution in [0.15, 0.2) is 30.3 Å². The molecular formula is C13H8Cl2F2N2S. The van der Waals surface area contributed by atoms with Crippen LogP contribution in [0.25, 0.3) is 0 Å². The standard InChI is InChI=1S/C13H8Cl2F2N2S/c14-7-1-2-8(15)11(5-7)19-12-9(16)3-6(13(18)20)4-10(12)17/h1-5,19H,(H2,18,20). The predicted octanol–water partition coefficient (Wildman–Crippen LogP) is 4.65. The van der Waals surface area contributed by atoms with Gasteiger partial charge in [0.1, 0.15) is 22.3 Å². The fourth-order valence-electron chi connectivity index (χ4n) is 1.56. The number of thiocarbonyl (C=S) groups is 1. The molecule has 0 saturated heterocycles. The van der Waals surface area contributed by atoms with Crippen LogP contribution in [-0.4, -0.2) is 4.99 Å². The van der Waals surface area contributed by atoms with Crippen molar-refractivity contribution in [3.8, 4) is 0 Å². The van der Waals surface area contributed by atoms with Gasteiger partial charge in [-0.2, -0.15) is 0 Å². The molecule has 2 aromatic rings. The second-order valence-corrected chi connectivity index (χ2v) is 5.21. The molecule has 0 aliphatic carbocycles. The molecule has 20 heavy (non-hydrogen) atoms. The average Bonchev–Trinajstić information content (AvgIpc) is 2.37. The third-order valence-electron chi connectivity index (χ3n) is 2.51. The fraction of sp³-hybridized carbons (Fsp3) is 0. The van der Waals surface area contributed by atoms with Crippen molar-refractivity contribution in [2.45, 2.75) is 0 Å². The van der Waals surface area contributed by atoms with Crippen LogP contribution in [0.4, 0.5) is 20.2 Å². The topological polar surface area (TPSA) is 38.0 Å². The quantitative estimate of drug-likeness (QED) is 0.803. The van der Waals surface area contributed by atoms with E-state index in [2.05, 4.69) is 17.5 Å². The van der Waals surface area contributed by atoms with Gasteiger partial charge >= 0.3 is 0 Å². The Labute approximate surface area is 129 Å². The molecule has 0 heterocycles. The molecule has 0 aromatic heterocycles. The second-order valence-electron chi connectivity index (χ2n) is 3.93. The number of nitrogens with one attached hydrogen (secondary N) is 1. The van der Waals surface area contributed by atoms with Gasteiger partial charge in [0.2, 0.25) is 0 Å². The first-order valence-electron chi connectivity index (χ1n) is 5.39. The number of nitrogens with two attached hydrogens (primary N) is 1. The summed E-state index contributed by atoms with van der Waals surface area (Å²) in [6.07, 6.45) is 0. The van der Waals surface area contributed by atoms with E-state index >= 15 is 0 Å². The third-order valence-corrected chi connectivity index (χ3v) is 3.32. The largest absolute Gasteiger partial charge is 0.389 e. The summed E-state index contributed by atoms with van der Waals surface area (Å²) in [6, 6.07) is 6.64. The highest BCUT2D eigenvalue weighted by molar-refractivity contribution is 7.80. The van der Waals surface area contributed by atoms with E-state index in [-0.39, 0.29) is 21.3 Å². The molecule has 104 valence electrons. The number of hydrogen-bond donors (Lipinski definition) is 2. The van der Waals surface area contributed by atoms with Crippen molar-refractivity contribution in [3.63, 3.8) is 0 Å². The van der Waals surface area contributed by atoms with Gasteiger partial charge in [0.15, 0.2) is 0 Å². The van der Waals surface area contributed by atoms with Crippen LogP contribution in [0.5, 0.6) is 0 Å². The molecule has 2 aromatic carbocycles. The molecule has 0 aliphatic rings. The molecule has 0 unspecified atom stereocenters. The number of halogens is 4. The molecule has 0 amide bonds. The first kappa shape index (κ1) is 15.0. The van der Waals surface area contributed by atoms with Crippen molar-refractivity contribution in [1.29, 1.82) is 0 Å². The Balaban J connectivity index is 2.44. The maximum Gasteiger partial charge on any atom is 0.150 e. The van der Waals surface area contributed by atoms with Crippen molar-refractivity contribution >= 4 is 51.8 Å². The van der Waals surface area contributed by atoms with Gasteiger partial charge in [-0.05, 0) is 30.3 Å². The summed E-state index contributed by atoms with van der Waals surface area (Å²) in [5, 5.41) is 3.24. The van der Waals surface area contributed by atoms with Crippen LogP contribution in [-0.2, 0) is 0 Å². The molecule has 0 bridgehead atoms. The molecule has 2 rings (SSSR count). The Hall–Kier alpha value is -1.43. The zero-order valence-corrected chi connectivity index (χ0v) is 12.2. The molecule has 7 heteroatoms. The molecule has 0 atom stereocenters.